The molecule has 0 radical (unpaired) electrons. The lowest BCUT2D eigenvalue weighted by atomic mass is 9.80. The van der Waals surface area contributed by atoms with Crippen molar-refractivity contribution in [2.24, 2.45) is 0 Å². The predicted molar refractivity (Wildman–Crippen MR) is 133 cm³/mol. The molecule has 3 aromatic rings. The summed E-state index contributed by atoms with van der Waals surface area (Å²) in [4.78, 5) is 0. The highest BCUT2D eigenvalue weighted by Gasteiger charge is 2.21. The number of hydrogen-bond donors (Lipinski definition) is 0. The molecule has 0 amide bonds. The number of ether oxygens (including phenoxy) is 1. The molecule has 1 nitrogen and oxygen atoms in total. The summed E-state index contributed by atoms with van der Waals surface area (Å²) in [7, 11) is -0.433. The molecular weight excluding hydrogens is 383 g/mol. The van der Waals surface area contributed by atoms with E-state index in [0.717, 1.165) is 11.9 Å². The molecule has 2 heteroatoms. The van der Waals surface area contributed by atoms with Crippen molar-refractivity contribution in [2.45, 2.75) is 52.4 Å². The summed E-state index contributed by atoms with van der Waals surface area (Å²) in [5.41, 5.74) is 2.86. The fourth-order valence-corrected chi connectivity index (χ4v) is 5.58. The lowest BCUT2D eigenvalue weighted by Gasteiger charge is -2.26. The molecule has 0 aliphatic rings. The number of hydrogen-bond acceptors (Lipinski definition) is 1. The van der Waals surface area contributed by atoms with E-state index in [0.29, 0.717) is 6.61 Å². The summed E-state index contributed by atoms with van der Waals surface area (Å²) < 4.78 is 6.37. The summed E-state index contributed by atoms with van der Waals surface area (Å²) in [6.07, 6.45) is 1.01. The van der Waals surface area contributed by atoms with Gasteiger partial charge in [0, 0.05) is 6.16 Å². The molecule has 0 heterocycles. The molecule has 3 aromatic carbocycles. The predicted octanol–water partition coefficient (Wildman–Crippen LogP) is 6.79. The van der Waals surface area contributed by atoms with Crippen LogP contribution in [0.5, 0.6) is 5.75 Å². The molecular formula is C28H35OP. The van der Waals surface area contributed by atoms with Crippen molar-refractivity contribution in [3.63, 3.8) is 0 Å². The molecule has 0 spiro atoms. The zero-order chi connectivity index (χ0) is 21.8. The first-order chi connectivity index (χ1) is 14.1. The molecule has 0 aliphatic carbocycles. The van der Waals surface area contributed by atoms with Crippen LogP contribution >= 0.6 is 7.92 Å². The summed E-state index contributed by atoms with van der Waals surface area (Å²) in [5.74, 6) is 0.989. The van der Waals surface area contributed by atoms with Crippen LogP contribution < -0.4 is 15.3 Å². The smallest absolute Gasteiger partial charge is 0.119 e. The third kappa shape index (κ3) is 5.96. The maximum absolute atomic E-state index is 6.37. The van der Waals surface area contributed by atoms with Gasteiger partial charge in [0.1, 0.15) is 5.75 Å². The Labute approximate surface area is 184 Å². The van der Waals surface area contributed by atoms with Crippen LogP contribution in [0.4, 0.5) is 0 Å². The van der Waals surface area contributed by atoms with Crippen LogP contribution in [0.3, 0.4) is 0 Å². The van der Waals surface area contributed by atoms with Crippen LogP contribution in [0.25, 0.3) is 0 Å². The Morgan fingerprint density at radius 3 is 1.47 bits per heavy atom. The van der Waals surface area contributed by atoms with E-state index in [1.165, 1.54) is 21.7 Å². The topological polar surface area (TPSA) is 9.23 Å². The van der Waals surface area contributed by atoms with Gasteiger partial charge in [-0.1, -0.05) is 108 Å². The van der Waals surface area contributed by atoms with Gasteiger partial charge in [0.15, 0.2) is 0 Å². The average molecular weight is 419 g/mol. The van der Waals surface area contributed by atoms with E-state index in [-0.39, 0.29) is 10.8 Å². The quantitative estimate of drug-likeness (QED) is 0.400. The molecule has 0 saturated heterocycles. The van der Waals surface area contributed by atoms with Crippen LogP contribution in [0.2, 0.25) is 0 Å². The van der Waals surface area contributed by atoms with Crippen molar-refractivity contribution in [1.29, 1.82) is 0 Å². The van der Waals surface area contributed by atoms with E-state index in [2.05, 4.69) is 120 Å². The first-order valence-electron chi connectivity index (χ1n) is 10.8. The maximum Gasteiger partial charge on any atom is 0.119 e. The van der Waals surface area contributed by atoms with Crippen molar-refractivity contribution in [2.75, 3.05) is 12.8 Å². The second-order valence-electron chi connectivity index (χ2n) is 9.92. The van der Waals surface area contributed by atoms with Gasteiger partial charge in [-0.05, 0) is 52.6 Å². The SMILES string of the molecule is CC(C)(C)c1cc(OCCP(c2ccccc2)c2ccccc2)cc(C(C)(C)C)c1. The summed E-state index contributed by atoms with van der Waals surface area (Å²) in [6.45, 7) is 14.3. The van der Waals surface area contributed by atoms with E-state index < -0.39 is 7.92 Å². The van der Waals surface area contributed by atoms with Gasteiger partial charge in [-0.2, -0.15) is 0 Å². The molecule has 0 atom stereocenters. The highest BCUT2D eigenvalue weighted by atomic mass is 31.1. The summed E-state index contributed by atoms with van der Waals surface area (Å²) >= 11 is 0. The molecule has 30 heavy (non-hydrogen) atoms. The second kappa shape index (κ2) is 9.36. The van der Waals surface area contributed by atoms with Crippen LogP contribution in [-0.4, -0.2) is 12.8 Å². The van der Waals surface area contributed by atoms with Gasteiger partial charge in [0.2, 0.25) is 0 Å². The van der Waals surface area contributed by atoms with Gasteiger partial charge in [-0.15, -0.1) is 0 Å². The average Bonchev–Trinajstić information content (AvgIpc) is 2.71. The first kappa shape index (κ1) is 22.6. The Bertz CT molecular complexity index is 862. The normalized spacial score (nSPS) is 12.2. The highest BCUT2D eigenvalue weighted by molar-refractivity contribution is 7.73. The van der Waals surface area contributed by atoms with Crippen molar-refractivity contribution in [3.8, 4) is 5.75 Å². The van der Waals surface area contributed by atoms with Crippen LogP contribution in [0, 0.1) is 0 Å². The van der Waals surface area contributed by atoms with Crippen molar-refractivity contribution in [3.05, 3.63) is 90.0 Å². The standard InChI is InChI=1S/C28H35OP/c1-27(2,3)22-19-23(28(4,5)6)21-24(20-22)29-17-18-30(25-13-9-7-10-14-25)26-15-11-8-12-16-26/h7-16,19-21H,17-18H2,1-6H3. The fourth-order valence-electron chi connectivity index (χ4n) is 3.43. The molecule has 0 saturated carbocycles. The minimum atomic E-state index is -0.433. The highest BCUT2D eigenvalue weighted by Crippen LogP contribution is 2.35. The molecule has 0 aromatic heterocycles. The third-order valence-electron chi connectivity index (χ3n) is 5.36. The van der Waals surface area contributed by atoms with E-state index in [1.54, 1.807) is 0 Å². The Morgan fingerprint density at radius 1 is 0.633 bits per heavy atom. The second-order valence-corrected chi connectivity index (χ2v) is 12.3. The zero-order valence-electron chi connectivity index (χ0n) is 19.3. The number of benzene rings is 3. The van der Waals surface area contributed by atoms with E-state index in [1.807, 2.05) is 0 Å². The summed E-state index contributed by atoms with van der Waals surface area (Å²) in [6, 6.07) is 28.5. The molecule has 0 bridgehead atoms. The minimum absolute atomic E-state index is 0.0973. The van der Waals surface area contributed by atoms with Gasteiger partial charge in [0.05, 0.1) is 6.61 Å². The molecule has 0 aliphatic heterocycles. The Hall–Kier alpha value is -2.11. The van der Waals surface area contributed by atoms with Gasteiger partial charge in [0.25, 0.3) is 0 Å². The monoisotopic (exact) mass is 418 g/mol. The maximum atomic E-state index is 6.37. The van der Waals surface area contributed by atoms with Gasteiger partial charge < -0.3 is 4.74 Å². The molecule has 0 unspecified atom stereocenters. The van der Waals surface area contributed by atoms with Crippen molar-refractivity contribution in [1.82, 2.24) is 0 Å². The van der Waals surface area contributed by atoms with Crippen LogP contribution in [0.1, 0.15) is 52.7 Å². The first-order valence-corrected chi connectivity index (χ1v) is 12.3. The molecule has 0 fully saturated rings. The lowest BCUT2D eigenvalue weighted by molar-refractivity contribution is 0.341. The Balaban J connectivity index is 1.81. The zero-order valence-corrected chi connectivity index (χ0v) is 20.2. The van der Waals surface area contributed by atoms with E-state index in [4.69, 9.17) is 4.74 Å². The largest absolute Gasteiger partial charge is 0.493 e. The van der Waals surface area contributed by atoms with Crippen LogP contribution in [-0.2, 0) is 10.8 Å². The number of rotatable bonds is 6. The third-order valence-corrected chi connectivity index (χ3v) is 7.83. The fraction of sp³-hybridized carbons (Fsp3) is 0.357. The Kier molecular flexibility index (Phi) is 7.04. The van der Waals surface area contributed by atoms with Gasteiger partial charge in [-0.3, -0.25) is 0 Å². The molecule has 3 rings (SSSR count). The van der Waals surface area contributed by atoms with Gasteiger partial charge in [-0.25, -0.2) is 0 Å². The minimum Gasteiger partial charge on any atom is -0.493 e. The van der Waals surface area contributed by atoms with Crippen LogP contribution in [0.15, 0.2) is 78.9 Å². The van der Waals surface area contributed by atoms with Crippen molar-refractivity contribution >= 4 is 18.5 Å². The van der Waals surface area contributed by atoms with E-state index in [9.17, 15) is 0 Å². The molecule has 0 N–H and O–H groups in total. The Morgan fingerprint density at radius 2 is 1.07 bits per heavy atom. The van der Waals surface area contributed by atoms with Crippen molar-refractivity contribution < 1.29 is 4.74 Å². The van der Waals surface area contributed by atoms with Gasteiger partial charge >= 0.3 is 0 Å². The lowest BCUT2D eigenvalue weighted by Crippen LogP contribution is -2.18. The summed E-state index contributed by atoms with van der Waals surface area (Å²) in [5, 5.41) is 2.81. The van der Waals surface area contributed by atoms with E-state index >= 15 is 0 Å². The molecule has 158 valence electrons.